The zero-order chi connectivity index (χ0) is 21.7. The number of fused-ring (bicyclic) bond motifs is 2. The first kappa shape index (κ1) is 18.9. The zero-order valence-corrected chi connectivity index (χ0v) is 17.2. The topological polar surface area (TPSA) is 109 Å². The van der Waals surface area contributed by atoms with Crippen molar-refractivity contribution in [2.45, 2.75) is 6.92 Å². The Hall–Kier alpha value is -4.09. The fourth-order valence-electron chi connectivity index (χ4n) is 3.61. The highest BCUT2D eigenvalue weighted by molar-refractivity contribution is 6.31. The molecule has 9 heteroatoms. The first-order valence-electron chi connectivity index (χ1n) is 9.27. The lowest BCUT2D eigenvalue weighted by Crippen LogP contribution is -2.19. The van der Waals surface area contributed by atoms with Crippen LogP contribution in [0.2, 0.25) is 5.02 Å². The van der Waals surface area contributed by atoms with E-state index in [1.165, 1.54) is 11.6 Å². The number of nitriles is 1. The minimum Gasteiger partial charge on any atom is -0.494 e. The van der Waals surface area contributed by atoms with Crippen molar-refractivity contribution in [2.75, 3.05) is 7.11 Å². The molecule has 0 saturated heterocycles. The summed E-state index contributed by atoms with van der Waals surface area (Å²) >= 11 is 6.11. The Labute approximate surface area is 180 Å². The standard InChI is InChI=1S/C22H14ClN5O3/c1-11-17(21-26-19-15(30-2)8-13(23)9-16(19)31-21)22(29)28-20(25-11)18(14(10-24)27-28)12-6-4-3-5-7-12/h3-9,27H,1-2H3. The summed E-state index contributed by atoms with van der Waals surface area (Å²) in [6.07, 6.45) is 0. The summed E-state index contributed by atoms with van der Waals surface area (Å²) in [6.45, 7) is 1.70. The number of hydrogen-bond donors (Lipinski definition) is 1. The van der Waals surface area contributed by atoms with Crippen molar-refractivity contribution >= 4 is 28.3 Å². The average Bonchev–Trinajstić information content (AvgIpc) is 3.35. The van der Waals surface area contributed by atoms with Gasteiger partial charge in [-0.1, -0.05) is 41.9 Å². The molecule has 5 rings (SSSR count). The van der Waals surface area contributed by atoms with Crippen LogP contribution in [0.1, 0.15) is 11.4 Å². The van der Waals surface area contributed by atoms with Crippen LogP contribution in [0.25, 0.3) is 39.3 Å². The van der Waals surface area contributed by atoms with Crippen LogP contribution in [0.15, 0.2) is 51.7 Å². The normalized spacial score (nSPS) is 11.2. The maximum Gasteiger partial charge on any atom is 0.285 e. The molecule has 0 radical (unpaired) electrons. The van der Waals surface area contributed by atoms with Gasteiger partial charge in [-0.3, -0.25) is 9.89 Å². The number of nitrogens with zero attached hydrogens (tertiary/aromatic N) is 4. The van der Waals surface area contributed by atoms with Gasteiger partial charge in [0.15, 0.2) is 16.7 Å². The van der Waals surface area contributed by atoms with Crippen molar-refractivity contribution in [1.82, 2.24) is 19.6 Å². The van der Waals surface area contributed by atoms with E-state index in [-0.39, 0.29) is 17.1 Å². The number of aryl methyl sites for hydroxylation is 1. The van der Waals surface area contributed by atoms with E-state index in [9.17, 15) is 10.1 Å². The minimum atomic E-state index is -0.433. The SMILES string of the molecule is COc1cc(Cl)cc2oc(-c3c(C)nc4c(-c5ccccc5)c(C#N)[nH]n4c3=O)nc12. The second-order valence-electron chi connectivity index (χ2n) is 6.85. The Bertz CT molecular complexity index is 1570. The molecule has 0 spiro atoms. The van der Waals surface area contributed by atoms with E-state index in [2.05, 4.69) is 21.1 Å². The van der Waals surface area contributed by atoms with Crippen LogP contribution in [0.3, 0.4) is 0 Å². The second-order valence-corrected chi connectivity index (χ2v) is 7.29. The number of benzene rings is 2. The summed E-state index contributed by atoms with van der Waals surface area (Å²) in [5, 5.41) is 12.9. The number of oxazole rings is 1. The Morgan fingerprint density at radius 2 is 1.97 bits per heavy atom. The van der Waals surface area contributed by atoms with Crippen molar-refractivity contribution in [1.29, 1.82) is 5.26 Å². The molecule has 0 saturated carbocycles. The minimum absolute atomic E-state index is 0.0920. The third-order valence-corrected chi connectivity index (χ3v) is 5.21. The Kier molecular flexibility index (Phi) is 4.27. The van der Waals surface area contributed by atoms with Crippen LogP contribution in [-0.2, 0) is 0 Å². The van der Waals surface area contributed by atoms with Gasteiger partial charge in [0.25, 0.3) is 5.56 Å². The molecule has 1 N–H and O–H groups in total. The highest BCUT2D eigenvalue weighted by atomic mass is 35.5. The molecule has 0 fully saturated rings. The van der Waals surface area contributed by atoms with Gasteiger partial charge in [-0.05, 0) is 12.5 Å². The number of aromatic amines is 1. The summed E-state index contributed by atoms with van der Waals surface area (Å²) in [4.78, 5) is 22.4. The lowest BCUT2D eigenvalue weighted by atomic mass is 10.1. The monoisotopic (exact) mass is 431 g/mol. The fourth-order valence-corrected chi connectivity index (χ4v) is 3.81. The van der Waals surface area contributed by atoms with Gasteiger partial charge in [0, 0.05) is 17.2 Å². The van der Waals surface area contributed by atoms with E-state index in [1.54, 1.807) is 19.1 Å². The Morgan fingerprint density at radius 1 is 1.19 bits per heavy atom. The largest absolute Gasteiger partial charge is 0.494 e. The molecule has 2 aromatic carbocycles. The number of ether oxygens (including phenoxy) is 1. The van der Waals surface area contributed by atoms with Gasteiger partial charge in [-0.15, -0.1) is 0 Å². The molecule has 31 heavy (non-hydrogen) atoms. The smallest absolute Gasteiger partial charge is 0.285 e. The molecule has 152 valence electrons. The zero-order valence-electron chi connectivity index (χ0n) is 16.4. The highest BCUT2D eigenvalue weighted by Crippen LogP contribution is 2.33. The maximum atomic E-state index is 13.4. The fraction of sp³-hybridized carbons (Fsp3) is 0.0909. The molecule has 0 bridgehead atoms. The third-order valence-electron chi connectivity index (χ3n) is 4.99. The van der Waals surface area contributed by atoms with Crippen LogP contribution in [0.5, 0.6) is 5.75 Å². The number of methoxy groups -OCH3 is 1. The number of rotatable bonds is 3. The molecule has 3 aromatic heterocycles. The molecule has 3 heterocycles. The van der Waals surface area contributed by atoms with E-state index >= 15 is 0 Å². The van der Waals surface area contributed by atoms with Crippen molar-refractivity contribution in [2.24, 2.45) is 0 Å². The Balaban J connectivity index is 1.80. The third kappa shape index (κ3) is 2.86. The number of aromatic nitrogens is 4. The van der Waals surface area contributed by atoms with Crippen LogP contribution in [0, 0.1) is 18.3 Å². The first-order chi connectivity index (χ1) is 15.0. The van der Waals surface area contributed by atoms with E-state index in [0.717, 1.165) is 5.56 Å². The average molecular weight is 432 g/mol. The van der Waals surface area contributed by atoms with E-state index < -0.39 is 5.56 Å². The quantitative estimate of drug-likeness (QED) is 0.455. The molecule has 0 aliphatic heterocycles. The maximum absolute atomic E-state index is 13.4. The van der Waals surface area contributed by atoms with Crippen LogP contribution >= 0.6 is 11.6 Å². The van der Waals surface area contributed by atoms with E-state index in [4.69, 9.17) is 20.8 Å². The summed E-state index contributed by atoms with van der Waals surface area (Å²) in [5.74, 6) is 0.525. The number of hydrogen-bond acceptors (Lipinski definition) is 6. The molecule has 5 aromatic rings. The number of H-pyrrole nitrogens is 1. The summed E-state index contributed by atoms with van der Waals surface area (Å²) in [6, 6.07) is 14.6. The van der Waals surface area contributed by atoms with Gasteiger partial charge >= 0.3 is 0 Å². The van der Waals surface area contributed by atoms with Crippen molar-refractivity contribution in [3.05, 3.63) is 69.2 Å². The van der Waals surface area contributed by atoms with Gasteiger partial charge in [0.1, 0.15) is 23.1 Å². The predicted octanol–water partition coefficient (Wildman–Crippen LogP) is 4.34. The Morgan fingerprint density at radius 3 is 2.68 bits per heavy atom. The molecule has 0 amide bonds. The van der Waals surface area contributed by atoms with Gasteiger partial charge < -0.3 is 9.15 Å². The summed E-state index contributed by atoms with van der Waals surface area (Å²) < 4.78 is 12.4. The van der Waals surface area contributed by atoms with Crippen molar-refractivity contribution in [3.8, 4) is 34.4 Å². The van der Waals surface area contributed by atoms with Gasteiger partial charge in [0.05, 0.1) is 18.4 Å². The molecule has 0 aliphatic rings. The van der Waals surface area contributed by atoms with E-state index in [0.29, 0.717) is 38.8 Å². The molecule has 0 atom stereocenters. The van der Waals surface area contributed by atoms with E-state index in [1.807, 2.05) is 30.3 Å². The summed E-state index contributed by atoms with van der Waals surface area (Å²) in [5.41, 5.74) is 2.91. The van der Waals surface area contributed by atoms with Crippen LogP contribution in [-0.4, -0.2) is 26.7 Å². The van der Waals surface area contributed by atoms with Crippen molar-refractivity contribution < 1.29 is 9.15 Å². The predicted molar refractivity (Wildman–Crippen MR) is 115 cm³/mol. The molecule has 0 aliphatic carbocycles. The second kappa shape index (κ2) is 7.00. The van der Waals surface area contributed by atoms with Gasteiger partial charge in [0.2, 0.25) is 5.89 Å². The molecule has 8 nitrogen and oxygen atoms in total. The van der Waals surface area contributed by atoms with Gasteiger partial charge in [-0.2, -0.15) is 9.78 Å². The van der Waals surface area contributed by atoms with Crippen LogP contribution < -0.4 is 10.3 Å². The van der Waals surface area contributed by atoms with Crippen LogP contribution in [0.4, 0.5) is 0 Å². The van der Waals surface area contributed by atoms with Gasteiger partial charge in [-0.25, -0.2) is 9.97 Å². The number of nitrogens with one attached hydrogen (secondary N) is 1. The molecular weight excluding hydrogens is 418 g/mol. The lowest BCUT2D eigenvalue weighted by molar-refractivity contribution is 0.419. The molecular formula is C22H14ClN5O3. The first-order valence-corrected chi connectivity index (χ1v) is 9.65. The number of halogens is 1. The van der Waals surface area contributed by atoms with Crippen molar-refractivity contribution in [3.63, 3.8) is 0 Å². The lowest BCUT2D eigenvalue weighted by Gasteiger charge is -2.03. The summed E-state index contributed by atoms with van der Waals surface area (Å²) in [7, 11) is 1.50. The highest BCUT2D eigenvalue weighted by Gasteiger charge is 2.23. The molecule has 0 unspecified atom stereocenters.